The van der Waals surface area contributed by atoms with Gasteiger partial charge in [0.15, 0.2) is 0 Å². The molecule has 1 aromatic carbocycles. The van der Waals surface area contributed by atoms with Crippen LogP contribution in [0.1, 0.15) is 24.1 Å². The molecule has 0 aliphatic rings. The van der Waals surface area contributed by atoms with Crippen LogP contribution < -0.4 is 10.6 Å². The molecule has 0 bridgehead atoms. The van der Waals surface area contributed by atoms with E-state index in [0.29, 0.717) is 12.2 Å². The van der Waals surface area contributed by atoms with Crippen LogP contribution in [0.15, 0.2) is 42.7 Å². The van der Waals surface area contributed by atoms with Gasteiger partial charge >= 0.3 is 0 Å². The first-order valence-electron chi connectivity index (χ1n) is 6.23. The molecular weight excluding hydrogens is 241 g/mol. The summed E-state index contributed by atoms with van der Waals surface area (Å²) < 4.78 is 14.1. The molecule has 0 spiro atoms. The van der Waals surface area contributed by atoms with Gasteiger partial charge in [0.25, 0.3) is 0 Å². The van der Waals surface area contributed by atoms with E-state index in [2.05, 4.69) is 4.98 Å². The van der Waals surface area contributed by atoms with Crippen LogP contribution in [0, 0.1) is 5.82 Å². The third-order valence-electron chi connectivity index (χ3n) is 3.06. The summed E-state index contributed by atoms with van der Waals surface area (Å²) in [5.41, 5.74) is 8.37. The largest absolute Gasteiger partial charge is 0.368 e. The lowest BCUT2D eigenvalue weighted by molar-refractivity contribution is 0.616. The third-order valence-corrected chi connectivity index (χ3v) is 3.06. The molecule has 0 radical (unpaired) electrons. The van der Waals surface area contributed by atoms with Gasteiger partial charge in [0.05, 0.1) is 5.69 Å². The molecule has 0 saturated heterocycles. The minimum Gasteiger partial charge on any atom is -0.368 e. The molecule has 19 heavy (non-hydrogen) atoms. The van der Waals surface area contributed by atoms with Crippen molar-refractivity contribution in [1.82, 2.24) is 4.98 Å². The van der Waals surface area contributed by atoms with Crippen LogP contribution in [-0.4, -0.2) is 12.0 Å². The molecule has 0 aliphatic heterocycles. The Morgan fingerprint density at radius 1 is 1.26 bits per heavy atom. The second kappa shape index (κ2) is 5.80. The molecule has 2 N–H and O–H groups in total. The summed E-state index contributed by atoms with van der Waals surface area (Å²) in [5.74, 6) is -0.244. The van der Waals surface area contributed by atoms with E-state index in [4.69, 9.17) is 5.73 Å². The van der Waals surface area contributed by atoms with Crippen molar-refractivity contribution in [2.75, 3.05) is 11.9 Å². The zero-order valence-electron chi connectivity index (χ0n) is 11.2. The summed E-state index contributed by atoms with van der Waals surface area (Å²) in [5, 5.41) is 0. The number of hydrogen-bond donors (Lipinski definition) is 1. The fraction of sp³-hybridized carbons (Fsp3) is 0.267. The highest BCUT2D eigenvalue weighted by Crippen LogP contribution is 2.28. The number of nitrogens with two attached hydrogens (primary N) is 1. The summed E-state index contributed by atoms with van der Waals surface area (Å²) >= 11 is 0. The predicted octanol–water partition coefficient (Wildman–Crippen LogP) is 2.88. The number of pyridine rings is 1. The van der Waals surface area contributed by atoms with Gasteiger partial charge in [-0.15, -0.1) is 0 Å². The van der Waals surface area contributed by atoms with Crippen molar-refractivity contribution in [2.45, 2.75) is 19.5 Å². The Balaban J connectivity index is 2.31. The van der Waals surface area contributed by atoms with Crippen molar-refractivity contribution in [3.8, 4) is 0 Å². The summed E-state index contributed by atoms with van der Waals surface area (Å²) in [4.78, 5) is 5.85. The first kappa shape index (κ1) is 13.5. The van der Waals surface area contributed by atoms with Crippen molar-refractivity contribution >= 4 is 5.69 Å². The Morgan fingerprint density at radius 3 is 2.58 bits per heavy atom. The van der Waals surface area contributed by atoms with Gasteiger partial charge in [-0.05, 0) is 36.2 Å². The van der Waals surface area contributed by atoms with Crippen LogP contribution in [0.3, 0.4) is 0 Å². The van der Waals surface area contributed by atoms with E-state index in [-0.39, 0.29) is 11.9 Å². The van der Waals surface area contributed by atoms with Crippen molar-refractivity contribution in [1.29, 1.82) is 0 Å². The summed E-state index contributed by atoms with van der Waals surface area (Å²) in [6, 6.07) is 8.66. The lowest BCUT2D eigenvalue weighted by Crippen LogP contribution is -2.21. The molecule has 100 valence electrons. The van der Waals surface area contributed by atoms with Crippen LogP contribution >= 0.6 is 0 Å². The molecule has 2 rings (SSSR count). The molecule has 1 aromatic heterocycles. The Kier molecular flexibility index (Phi) is 4.12. The molecule has 0 saturated carbocycles. The number of benzene rings is 1. The topological polar surface area (TPSA) is 42.1 Å². The van der Waals surface area contributed by atoms with Gasteiger partial charge in [0.2, 0.25) is 0 Å². The zero-order valence-corrected chi connectivity index (χ0v) is 11.2. The number of aromatic nitrogens is 1. The molecular formula is C15H18FN3. The summed E-state index contributed by atoms with van der Waals surface area (Å²) in [7, 11) is 1.87. The monoisotopic (exact) mass is 259 g/mol. The van der Waals surface area contributed by atoms with Crippen molar-refractivity contribution in [3.05, 3.63) is 59.7 Å². The number of anilines is 1. The maximum Gasteiger partial charge on any atom is 0.146 e. The van der Waals surface area contributed by atoms with Crippen LogP contribution in [0.5, 0.6) is 0 Å². The molecule has 4 heteroatoms. The zero-order chi connectivity index (χ0) is 13.8. The molecule has 1 heterocycles. The van der Waals surface area contributed by atoms with Gasteiger partial charge in [-0.3, -0.25) is 4.98 Å². The van der Waals surface area contributed by atoms with Crippen molar-refractivity contribution in [2.24, 2.45) is 5.73 Å². The van der Waals surface area contributed by atoms with Gasteiger partial charge in [-0.1, -0.05) is 12.1 Å². The number of nitrogens with zero attached hydrogens (tertiary/aromatic N) is 2. The normalized spacial score (nSPS) is 12.2. The smallest absolute Gasteiger partial charge is 0.146 e. The standard InChI is InChI=1S/C15H18FN3/c1-11(17)13-4-3-5-14(16)15(13)19(2)10-12-6-8-18-9-7-12/h3-9,11H,10,17H2,1-2H3. The van der Waals surface area contributed by atoms with E-state index in [9.17, 15) is 4.39 Å². The van der Waals surface area contributed by atoms with Gasteiger partial charge in [0.1, 0.15) is 5.82 Å². The van der Waals surface area contributed by atoms with Gasteiger partial charge in [-0.25, -0.2) is 4.39 Å². The average Bonchev–Trinajstić information content (AvgIpc) is 2.39. The van der Waals surface area contributed by atoms with Crippen LogP contribution in [0.4, 0.5) is 10.1 Å². The summed E-state index contributed by atoms with van der Waals surface area (Å²) in [6.45, 7) is 2.47. The van der Waals surface area contributed by atoms with E-state index < -0.39 is 0 Å². The third kappa shape index (κ3) is 3.09. The molecule has 0 amide bonds. The van der Waals surface area contributed by atoms with E-state index >= 15 is 0 Å². The highest BCUT2D eigenvalue weighted by atomic mass is 19.1. The number of rotatable bonds is 4. The number of para-hydroxylation sites is 1. The molecule has 0 aliphatic carbocycles. The van der Waals surface area contributed by atoms with E-state index in [1.54, 1.807) is 18.5 Å². The van der Waals surface area contributed by atoms with E-state index in [1.165, 1.54) is 6.07 Å². The molecule has 1 unspecified atom stereocenters. The molecule has 0 fully saturated rings. The SMILES string of the molecule is CC(N)c1cccc(F)c1N(C)Cc1ccncc1. The minimum absolute atomic E-state index is 0.203. The molecule has 2 aromatic rings. The molecule has 3 nitrogen and oxygen atoms in total. The fourth-order valence-corrected chi connectivity index (χ4v) is 2.14. The minimum atomic E-state index is -0.244. The van der Waals surface area contributed by atoms with Gasteiger partial charge in [0, 0.05) is 32.0 Å². The van der Waals surface area contributed by atoms with E-state index in [0.717, 1.165) is 11.1 Å². The molecule has 1 atom stereocenters. The van der Waals surface area contributed by atoms with Crippen molar-refractivity contribution < 1.29 is 4.39 Å². The van der Waals surface area contributed by atoms with Gasteiger partial charge in [-0.2, -0.15) is 0 Å². The summed E-state index contributed by atoms with van der Waals surface area (Å²) in [6.07, 6.45) is 3.47. The van der Waals surface area contributed by atoms with Crippen LogP contribution in [0.25, 0.3) is 0 Å². The van der Waals surface area contributed by atoms with E-state index in [1.807, 2.05) is 37.1 Å². The lowest BCUT2D eigenvalue weighted by Gasteiger charge is -2.24. The van der Waals surface area contributed by atoms with Gasteiger partial charge < -0.3 is 10.6 Å². The van der Waals surface area contributed by atoms with Crippen LogP contribution in [0.2, 0.25) is 0 Å². The average molecular weight is 259 g/mol. The highest BCUT2D eigenvalue weighted by Gasteiger charge is 2.15. The highest BCUT2D eigenvalue weighted by molar-refractivity contribution is 5.55. The predicted molar refractivity (Wildman–Crippen MR) is 75.3 cm³/mol. The van der Waals surface area contributed by atoms with Crippen LogP contribution in [-0.2, 0) is 6.54 Å². The quantitative estimate of drug-likeness (QED) is 0.918. The Bertz CT molecular complexity index is 540. The fourth-order valence-electron chi connectivity index (χ4n) is 2.14. The number of halogens is 1. The maximum atomic E-state index is 14.1. The maximum absolute atomic E-state index is 14.1. The second-order valence-electron chi connectivity index (χ2n) is 4.68. The second-order valence-corrected chi connectivity index (χ2v) is 4.68. The number of hydrogen-bond acceptors (Lipinski definition) is 3. The Morgan fingerprint density at radius 2 is 1.95 bits per heavy atom. The first-order chi connectivity index (χ1) is 9.09. The Labute approximate surface area is 112 Å². The lowest BCUT2D eigenvalue weighted by atomic mass is 10.1. The van der Waals surface area contributed by atoms with Crippen molar-refractivity contribution in [3.63, 3.8) is 0 Å². The Hall–Kier alpha value is -1.94. The first-order valence-corrected chi connectivity index (χ1v) is 6.23.